The second-order valence-electron chi connectivity index (χ2n) is 10.8. The lowest BCUT2D eigenvalue weighted by molar-refractivity contribution is -0.136. The molecule has 4 rings (SSSR count). The van der Waals surface area contributed by atoms with E-state index < -0.39 is 30.1 Å². The predicted molar refractivity (Wildman–Crippen MR) is 154 cm³/mol. The number of benzene rings is 2. The number of nitrogens with zero attached hydrogens (tertiary/aromatic N) is 1. The zero-order chi connectivity index (χ0) is 28.5. The van der Waals surface area contributed by atoms with Crippen LogP contribution in [0.3, 0.4) is 0 Å². The van der Waals surface area contributed by atoms with Crippen LogP contribution in [0.25, 0.3) is 6.08 Å². The van der Waals surface area contributed by atoms with Gasteiger partial charge in [0.1, 0.15) is 23.9 Å². The summed E-state index contributed by atoms with van der Waals surface area (Å²) in [7, 11) is 3.69. The first-order chi connectivity index (χ1) is 18.6. The van der Waals surface area contributed by atoms with Crippen LogP contribution in [-0.2, 0) is 20.8 Å². The highest BCUT2D eigenvalue weighted by Crippen LogP contribution is 2.21. The van der Waals surface area contributed by atoms with E-state index in [4.69, 9.17) is 4.74 Å². The van der Waals surface area contributed by atoms with Crippen molar-refractivity contribution in [3.8, 4) is 5.75 Å². The highest BCUT2D eigenvalue weighted by atomic mass is 16.5. The van der Waals surface area contributed by atoms with Crippen LogP contribution < -0.4 is 20.7 Å². The van der Waals surface area contributed by atoms with Gasteiger partial charge in [-0.25, -0.2) is 0 Å². The number of likely N-dealkylation sites (N-methyl/N-ethyl adjacent to an activating group) is 1. The average molecular weight is 535 g/mol. The van der Waals surface area contributed by atoms with Crippen molar-refractivity contribution in [1.82, 2.24) is 20.9 Å². The molecule has 0 saturated carbocycles. The van der Waals surface area contributed by atoms with Crippen LogP contribution in [0.4, 0.5) is 0 Å². The van der Waals surface area contributed by atoms with Gasteiger partial charge < -0.3 is 20.7 Å². The van der Waals surface area contributed by atoms with Crippen molar-refractivity contribution in [3.63, 3.8) is 0 Å². The molecule has 2 heterocycles. The van der Waals surface area contributed by atoms with Gasteiger partial charge >= 0.3 is 0 Å². The molecule has 2 aliphatic rings. The molecule has 210 valence electrons. The molecule has 8 nitrogen and oxygen atoms in total. The Hall–Kier alpha value is -3.65. The van der Waals surface area contributed by atoms with Crippen LogP contribution in [0.1, 0.15) is 45.2 Å². The summed E-state index contributed by atoms with van der Waals surface area (Å²) in [6.07, 6.45) is 3.85. The van der Waals surface area contributed by atoms with Gasteiger partial charge in [-0.05, 0) is 61.7 Å². The van der Waals surface area contributed by atoms with Crippen LogP contribution in [0, 0.1) is 11.8 Å². The fraction of sp³-hybridized carbons (Fsp3) is 0.452. The summed E-state index contributed by atoms with van der Waals surface area (Å²) >= 11 is 0. The van der Waals surface area contributed by atoms with E-state index in [-0.39, 0.29) is 23.7 Å². The minimum absolute atomic E-state index is 0.128. The Balaban J connectivity index is 1.99. The number of hydrogen-bond donors (Lipinski definition) is 3. The Labute approximate surface area is 232 Å². The van der Waals surface area contributed by atoms with Crippen molar-refractivity contribution < 1.29 is 19.1 Å². The minimum atomic E-state index is -1.03. The number of ether oxygens (including phenoxy) is 1. The Morgan fingerprint density at radius 2 is 1.67 bits per heavy atom. The van der Waals surface area contributed by atoms with Crippen LogP contribution >= 0.6 is 0 Å². The van der Waals surface area contributed by atoms with Gasteiger partial charge in [-0.1, -0.05) is 76.6 Å². The lowest BCUT2D eigenvalue weighted by Gasteiger charge is -2.34. The molecule has 0 saturated heterocycles. The molecule has 5 atom stereocenters. The number of carbonyl (C=O) groups is 3. The van der Waals surface area contributed by atoms with Gasteiger partial charge in [-0.3, -0.25) is 19.3 Å². The molecule has 0 spiro atoms. The van der Waals surface area contributed by atoms with E-state index in [1.54, 1.807) is 12.3 Å². The standard InChI is InChI=1S/C31H42N4O4/c1-7-21(4)26-30(37)32-18-17-22-13-15-24(16-14-22)39-28(20(2)3)27(31(38)33-26)34-29(36)25(35(5)6)19-23-11-9-8-10-12-23/h8-18,20-21,25-28H,7,19H2,1-6H3,(H,32,37)(H,33,38)(H,34,36)/b18-17+/t21-,25-,26-,27-,28-/m1/s1. The molecule has 0 aliphatic carbocycles. The first kappa shape index (κ1) is 29.9. The predicted octanol–water partition coefficient (Wildman–Crippen LogP) is 3.38. The largest absolute Gasteiger partial charge is 0.487 e. The first-order valence-electron chi connectivity index (χ1n) is 13.7. The zero-order valence-corrected chi connectivity index (χ0v) is 23.8. The van der Waals surface area contributed by atoms with E-state index in [0.717, 1.165) is 11.1 Å². The number of amides is 3. The van der Waals surface area contributed by atoms with Crippen molar-refractivity contribution in [2.24, 2.45) is 11.8 Å². The molecule has 0 aromatic heterocycles. The minimum Gasteiger partial charge on any atom is -0.487 e. The summed E-state index contributed by atoms with van der Waals surface area (Å²) in [5.41, 5.74) is 1.91. The molecule has 2 bridgehead atoms. The van der Waals surface area contributed by atoms with Crippen molar-refractivity contribution in [3.05, 3.63) is 71.9 Å². The lowest BCUT2D eigenvalue weighted by atomic mass is 9.94. The van der Waals surface area contributed by atoms with E-state index in [2.05, 4.69) is 16.0 Å². The fourth-order valence-corrected chi connectivity index (χ4v) is 4.55. The Bertz CT molecular complexity index is 1130. The zero-order valence-electron chi connectivity index (χ0n) is 23.8. The molecule has 0 fully saturated rings. The van der Waals surface area contributed by atoms with Crippen LogP contribution in [0.2, 0.25) is 0 Å². The van der Waals surface area contributed by atoms with Crippen molar-refractivity contribution in [1.29, 1.82) is 0 Å². The maximum absolute atomic E-state index is 13.9. The van der Waals surface area contributed by atoms with Gasteiger partial charge in [0, 0.05) is 6.20 Å². The third-order valence-electron chi connectivity index (χ3n) is 7.21. The highest BCUT2D eigenvalue weighted by molar-refractivity contribution is 5.94. The normalized spacial score (nSPS) is 22.3. The first-order valence-corrected chi connectivity index (χ1v) is 13.7. The number of rotatable bonds is 8. The fourth-order valence-electron chi connectivity index (χ4n) is 4.55. The van der Waals surface area contributed by atoms with E-state index in [0.29, 0.717) is 18.6 Å². The molecule has 39 heavy (non-hydrogen) atoms. The van der Waals surface area contributed by atoms with E-state index in [1.807, 2.05) is 101 Å². The Kier molecular flexibility index (Phi) is 10.7. The van der Waals surface area contributed by atoms with E-state index >= 15 is 0 Å². The maximum atomic E-state index is 13.9. The molecule has 2 aromatic rings. The molecular formula is C31H42N4O4. The summed E-state index contributed by atoms with van der Waals surface area (Å²) in [5.74, 6) is -0.734. The molecule has 3 amide bonds. The van der Waals surface area contributed by atoms with E-state index in [1.165, 1.54) is 0 Å². The second kappa shape index (κ2) is 13.9. The van der Waals surface area contributed by atoms with Gasteiger partial charge in [0.15, 0.2) is 0 Å². The number of fused-ring (bicyclic) bond motifs is 10. The molecule has 2 aromatic carbocycles. The van der Waals surface area contributed by atoms with Crippen LogP contribution in [0.5, 0.6) is 5.75 Å². The van der Waals surface area contributed by atoms with Gasteiger partial charge in [0.2, 0.25) is 17.7 Å². The lowest BCUT2D eigenvalue weighted by Crippen LogP contribution is -2.62. The smallest absolute Gasteiger partial charge is 0.247 e. The number of carbonyl (C=O) groups excluding carboxylic acids is 3. The molecule has 3 N–H and O–H groups in total. The number of hydrogen-bond acceptors (Lipinski definition) is 5. The third kappa shape index (κ3) is 8.17. The van der Waals surface area contributed by atoms with E-state index in [9.17, 15) is 14.4 Å². The topological polar surface area (TPSA) is 99.8 Å². The molecular weight excluding hydrogens is 492 g/mol. The monoisotopic (exact) mass is 534 g/mol. The van der Waals surface area contributed by atoms with Gasteiger partial charge in [-0.15, -0.1) is 0 Å². The van der Waals surface area contributed by atoms with Gasteiger partial charge in [-0.2, -0.15) is 0 Å². The van der Waals surface area contributed by atoms with Crippen molar-refractivity contribution in [2.75, 3.05) is 14.1 Å². The molecule has 8 heteroatoms. The van der Waals surface area contributed by atoms with Gasteiger partial charge in [0.05, 0.1) is 6.04 Å². The molecule has 0 unspecified atom stereocenters. The summed E-state index contributed by atoms with van der Waals surface area (Å²) in [6.45, 7) is 7.78. The summed E-state index contributed by atoms with van der Waals surface area (Å²) in [5, 5.41) is 8.73. The summed E-state index contributed by atoms with van der Waals surface area (Å²) in [4.78, 5) is 42.6. The SMILES string of the molecule is CC[C@@H](C)[C@H]1NC(=O)[C@H](NC(=O)[C@@H](Cc2ccccc2)N(C)C)[C@@H](C(C)C)Oc2ccc(cc2)/C=C/NC1=O. The summed E-state index contributed by atoms with van der Waals surface area (Å²) in [6, 6.07) is 14.8. The Morgan fingerprint density at radius 1 is 1.00 bits per heavy atom. The molecule has 2 aliphatic heterocycles. The quantitative estimate of drug-likeness (QED) is 0.482. The van der Waals surface area contributed by atoms with Crippen molar-refractivity contribution >= 4 is 23.8 Å². The highest BCUT2D eigenvalue weighted by Gasteiger charge is 2.38. The van der Waals surface area contributed by atoms with Crippen molar-refractivity contribution in [2.45, 2.75) is 64.8 Å². The summed E-state index contributed by atoms with van der Waals surface area (Å²) < 4.78 is 6.35. The average Bonchev–Trinajstić information content (AvgIpc) is 2.92. The third-order valence-corrected chi connectivity index (χ3v) is 7.21. The Morgan fingerprint density at radius 3 is 2.26 bits per heavy atom. The second-order valence-corrected chi connectivity index (χ2v) is 10.8. The van der Waals surface area contributed by atoms with Gasteiger partial charge in [0.25, 0.3) is 0 Å². The van der Waals surface area contributed by atoms with Crippen LogP contribution in [-0.4, -0.2) is 60.9 Å². The number of nitrogens with one attached hydrogen (secondary N) is 3. The van der Waals surface area contributed by atoms with Crippen LogP contribution in [0.15, 0.2) is 60.8 Å². The maximum Gasteiger partial charge on any atom is 0.247 e. The molecule has 0 radical (unpaired) electrons.